The summed E-state index contributed by atoms with van der Waals surface area (Å²) >= 11 is 0. The largest absolute Gasteiger partial charge is 0.478 e. The molecule has 122 valence electrons. The molecule has 1 amide bonds. The predicted molar refractivity (Wildman–Crippen MR) is 86.4 cm³/mol. The van der Waals surface area contributed by atoms with Gasteiger partial charge in [0.25, 0.3) is 5.91 Å². The molecule has 3 heterocycles. The fourth-order valence-electron chi connectivity index (χ4n) is 2.98. The van der Waals surface area contributed by atoms with Crippen LogP contribution in [0.2, 0.25) is 0 Å². The minimum absolute atomic E-state index is 0.0342. The second kappa shape index (κ2) is 6.81. The van der Waals surface area contributed by atoms with Crippen LogP contribution >= 0.6 is 0 Å². The second-order valence-corrected chi connectivity index (χ2v) is 5.85. The van der Waals surface area contributed by atoms with E-state index in [1.165, 1.54) is 0 Å². The highest BCUT2D eigenvalue weighted by Crippen LogP contribution is 2.22. The molecule has 0 saturated carbocycles. The molecule has 1 atom stereocenters. The van der Waals surface area contributed by atoms with Gasteiger partial charge < -0.3 is 9.64 Å². The summed E-state index contributed by atoms with van der Waals surface area (Å²) in [4.78, 5) is 18.9. The van der Waals surface area contributed by atoms with E-state index in [4.69, 9.17) is 4.74 Å². The van der Waals surface area contributed by atoms with Crippen molar-refractivity contribution in [2.24, 2.45) is 0 Å². The van der Waals surface area contributed by atoms with Gasteiger partial charge in [0.15, 0.2) is 0 Å². The monoisotopic (exact) mass is 314 g/mol. The van der Waals surface area contributed by atoms with Gasteiger partial charge in [-0.05, 0) is 38.3 Å². The molecule has 0 bridgehead atoms. The number of amides is 1. The molecule has 1 aliphatic rings. The van der Waals surface area contributed by atoms with E-state index in [9.17, 15) is 4.79 Å². The maximum Gasteiger partial charge on any atom is 0.255 e. The Morgan fingerprint density at radius 3 is 2.91 bits per heavy atom. The summed E-state index contributed by atoms with van der Waals surface area (Å²) in [6, 6.07) is 3.72. The van der Waals surface area contributed by atoms with Crippen LogP contribution in [0.5, 0.6) is 5.88 Å². The summed E-state index contributed by atoms with van der Waals surface area (Å²) in [5, 5.41) is 4.33. The third-order valence-electron chi connectivity index (χ3n) is 4.07. The summed E-state index contributed by atoms with van der Waals surface area (Å²) in [5.41, 5.74) is 1.74. The van der Waals surface area contributed by atoms with Crippen molar-refractivity contribution in [2.45, 2.75) is 39.3 Å². The maximum atomic E-state index is 12.7. The van der Waals surface area contributed by atoms with E-state index in [1.54, 1.807) is 18.3 Å². The summed E-state index contributed by atoms with van der Waals surface area (Å²) < 4.78 is 7.24. The standard InChI is InChI=1S/C17H22N4O2/c1-3-23-16-7-6-14(10-18-16)17(22)21-8-4-5-15(21)12-20-11-13(2)9-19-20/h6-7,9-11,15H,3-5,8,12H2,1-2H3/t15-/m1/s1. The number of nitrogens with zero attached hydrogens (tertiary/aromatic N) is 4. The summed E-state index contributed by atoms with van der Waals surface area (Å²) in [6.45, 7) is 6.03. The number of aromatic nitrogens is 3. The van der Waals surface area contributed by atoms with Crippen LogP contribution in [0.15, 0.2) is 30.7 Å². The lowest BCUT2D eigenvalue weighted by Crippen LogP contribution is -2.38. The van der Waals surface area contributed by atoms with Crippen LogP contribution in [0, 0.1) is 6.92 Å². The fraction of sp³-hybridized carbons (Fsp3) is 0.471. The van der Waals surface area contributed by atoms with Crippen molar-refractivity contribution < 1.29 is 9.53 Å². The molecule has 2 aromatic rings. The van der Waals surface area contributed by atoms with Crippen molar-refractivity contribution in [3.8, 4) is 5.88 Å². The first-order valence-corrected chi connectivity index (χ1v) is 8.06. The summed E-state index contributed by atoms with van der Waals surface area (Å²) in [6.07, 6.45) is 7.49. The molecule has 1 aliphatic heterocycles. The molecule has 3 rings (SSSR count). The molecule has 1 fully saturated rings. The number of hydrogen-bond donors (Lipinski definition) is 0. The van der Waals surface area contributed by atoms with Crippen LogP contribution in [0.4, 0.5) is 0 Å². The van der Waals surface area contributed by atoms with E-state index in [0.29, 0.717) is 18.1 Å². The van der Waals surface area contributed by atoms with Gasteiger partial charge in [0.2, 0.25) is 5.88 Å². The van der Waals surface area contributed by atoms with Crippen LogP contribution in [-0.4, -0.2) is 44.8 Å². The van der Waals surface area contributed by atoms with Gasteiger partial charge >= 0.3 is 0 Å². The number of rotatable bonds is 5. The molecule has 0 aliphatic carbocycles. The average molecular weight is 314 g/mol. The van der Waals surface area contributed by atoms with Gasteiger partial charge in [-0.15, -0.1) is 0 Å². The van der Waals surface area contributed by atoms with Crippen molar-refractivity contribution in [3.05, 3.63) is 41.9 Å². The van der Waals surface area contributed by atoms with Crippen LogP contribution in [-0.2, 0) is 6.54 Å². The van der Waals surface area contributed by atoms with Gasteiger partial charge in [-0.2, -0.15) is 5.10 Å². The molecular weight excluding hydrogens is 292 g/mol. The molecule has 0 radical (unpaired) electrons. The third-order valence-corrected chi connectivity index (χ3v) is 4.07. The van der Waals surface area contributed by atoms with Crippen molar-refractivity contribution in [2.75, 3.05) is 13.2 Å². The Balaban J connectivity index is 1.69. The first-order chi connectivity index (χ1) is 11.2. The molecule has 0 spiro atoms. The highest BCUT2D eigenvalue weighted by atomic mass is 16.5. The Bertz CT molecular complexity index is 665. The Morgan fingerprint density at radius 1 is 1.39 bits per heavy atom. The van der Waals surface area contributed by atoms with Gasteiger partial charge in [0.05, 0.1) is 31.0 Å². The lowest BCUT2D eigenvalue weighted by Gasteiger charge is -2.24. The summed E-state index contributed by atoms with van der Waals surface area (Å²) in [7, 11) is 0. The maximum absolute atomic E-state index is 12.7. The van der Waals surface area contributed by atoms with E-state index in [2.05, 4.69) is 10.1 Å². The van der Waals surface area contributed by atoms with Gasteiger partial charge in [0, 0.05) is 25.0 Å². The smallest absolute Gasteiger partial charge is 0.255 e. The molecule has 23 heavy (non-hydrogen) atoms. The zero-order valence-electron chi connectivity index (χ0n) is 13.6. The average Bonchev–Trinajstić information content (AvgIpc) is 3.17. The second-order valence-electron chi connectivity index (χ2n) is 5.85. The minimum atomic E-state index is 0.0342. The Morgan fingerprint density at radius 2 is 2.26 bits per heavy atom. The Labute approximate surface area is 136 Å². The molecule has 0 N–H and O–H groups in total. The normalized spacial score (nSPS) is 17.5. The van der Waals surface area contributed by atoms with Crippen LogP contribution in [0.1, 0.15) is 35.7 Å². The highest BCUT2D eigenvalue weighted by molar-refractivity contribution is 5.94. The highest BCUT2D eigenvalue weighted by Gasteiger charge is 2.30. The molecule has 6 nitrogen and oxygen atoms in total. The number of pyridine rings is 1. The number of ether oxygens (including phenoxy) is 1. The van der Waals surface area contributed by atoms with Crippen molar-refractivity contribution in [1.29, 1.82) is 0 Å². The molecule has 0 aromatic carbocycles. The number of carbonyl (C=O) groups excluding carboxylic acids is 1. The van der Waals surface area contributed by atoms with E-state index >= 15 is 0 Å². The van der Waals surface area contributed by atoms with Crippen molar-refractivity contribution in [3.63, 3.8) is 0 Å². The lowest BCUT2D eigenvalue weighted by atomic mass is 10.2. The first-order valence-electron chi connectivity index (χ1n) is 8.06. The zero-order valence-corrected chi connectivity index (χ0v) is 13.6. The fourth-order valence-corrected chi connectivity index (χ4v) is 2.98. The van der Waals surface area contributed by atoms with E-state index in [1.807, 2.05) is 35.8 Å². The molecule has 2 aromatic heterocycles. The Hall–Kier alpha value is -2.37. The number of carbonyl (C=O) groups is 1. The predicted octanol–water partition coefficient (Wildman–Crippen LogP) is 2.29. The van der Waals surface area contributed by atoms with E-state index < -0.39 is 0 Å². The molecule has 6 heteroatoms. The van der Waals surface area contributed by atoms with E-state index in [0.717, 1.165) is 31.5 Å². The Kier molecular flexibility index (Phi) is 4.60. The van der Waals surface area contributed by atoms with Gasteiger partial charge in [-0.3, -0.25) is 9.48 Å². The quantitative estimate of drug-likeness (QED) is 0.849. The van der Waals surface area contributed by atoms with Crippen LogP contribution in [0.3, 0.4) is 0 Å². The van der Waals surface area contributed by atoms with Gasteiger partial charge in [-0.25, -0.2) is 4.98 Å². The first kappa shape index (κ1) is 15.5. The van der Waals surface area contributed by atoms with Crippen molar-refractivity contribution in [1.82, 2.24) is 19.7 Å². The van der Waals surface area contributed by atoms with Crippen LogP contribution < -0.4 is 4.74 Å². The third kappa shape index (κ3) is 3.52. The summed E-state index contributed by atoms with van der Waals surface area (Å²) in [5.74, 6) is 0.584. The number of aryl methyl sites for hydroxylation is 1. The molecule has 1 saturated heterocycles. The number of hydrogen-bond acceptors (Lipinski definition) is 4. The lowest BCUT2D eigenvalue weighted by molar-refractivity contribution is 0.0721. The zero-order chi connectivity index (χ0) is 16.2. The SMILES string of the molecule is CCOc1ccc(C(=O)N2CCC[C@@H]2Cn2cc(C)cn2)cn1. The minimum Gasteiger partial charge on any atom is -0.478 e. The molecule has 0 unspecified atom stereocenters. The topological polar surface area (TPSA) is 60.2 Å². The van der Waals surface area contributed by atoms with Crippen LogP contribution in [0.25, 0.3) is 0 Å². The number of likely N-dealkylation sites (tertiary alicyclic amines) is 1. The van der Waals surface area contributed by atoms with E-state index in [-0.39, 0.29) is 11.9 Å². The van der Waals surface area contributed by atoms with Gasteiger partial charge in [0.1, 0.15) is 0 Å². The molecular formula is C17H22N4O2. The van der Waals surface area contributed by atoms with Gasteiger partial charge in [-0.1, -0.05) is 0 Å². The van der Waals surface area contributed by atoms with Crippen molar-refractivity contribution >= 4 is 5.91 Å².